The first-order valence-electron chi connectivity index (χ1n) is 7.26. The van der Waals surface area contributed by atoms with Crippen LogP contribution in [0.15, 0.2) is 24.3 Å². The third-order valence-electron chi connectivity index (χ3n) is 3.72. The molecule has 2 rings (SSSR count). The summed E-state index contributed by atoms with van der Waals surface area (Å²) in [6.45, 7) is 4.57. The fourth-order valence-electron chi connectivity index (χ4n) is 2.55. The van der Waals surface area contributed by atoms with Gasteiger partial charge in [0.05, 0.1) is 5.52 Å². The van der Waals surface area contributed by atoms with Gasteiger partial charge in [0.1, 0.15) is 0 Å². The Bertz CT molecular complexity index is 473. The van der Waals surface area contributed by atoms with Crippen molar-refractivity contribution in [1.82, 2.24) is 10.2 Å². The van der Waals surface area contributed by atoms with Gasteiger partial charge in [0, 0.05) is 11.1 Å². The second kappa shape index (κ2) is 6.58. The van der Waals surface area contributed by atoms with E-state index in [1.54, 1.807) is 0 Å². The number of benzene rings is 1. The number of rotatable bonds is 7. The summed E-state index contributed by atoms with van der Waals surface area (Å²) in [6, 6.07) is 8.38. The lowest BCUT2D eigenvalue weighted by Crippen LogP contribution is -1.95. The van der Waals surface area contributed by atoms with Crippen LogP contribution in [0, 0.1) is 0 Å². The number of fused-ring (bicyclic) bond motifs is 1. The first-order chi connectivity index (χ1) is 8.83. The summed E-state index contributed by atoms with van der Waals surface area (Å²) in [4.78, 5) is 0. The lowest BCUT2D eigenvalue weighted by Gasteiger charge is -2.09. The molecule has 0 aliphatic carbocycles. The highest BCUT2D eigenvalue weighted by atomic mass is 15.1. The lowest BCUT2D eigenvalue weighted by molar-refractivity contribution is 0.561. The Morgan fingerprint density at radius 3 is 2.72 bits per heavy atom. The van der Waals surface area contributed by atoms with E-state index in [-0.39, 0.29) is 0 Å². The van der Waals surface area contributed by atoms with Crippen LogP contribution in [0.4, 0.5) is 0 Å². The van der Waals surface area contributed by atoms with Crippen molar-refractivity contribution in [3.8, 4) is 0 Å². The van der Waals surface area contributed by atoms with E-state index in [1.807, 2.05) is 6.07 Å². The molecule has 1 heterocycles. The van der Waals surface area contributed by atoms with E-state index in [0.717, 1.165) is 5.52 Å². The van der Waals surface area contributed by atoms with E-state index in [9.17, 15) is 0 Å². The summed E-state index contributed by atoms with van der Waals surface area (Å²) < 4.78 is 0. The van der Waals surface area contributed by atoms with E-state index in [1.165, 1.54) is 49.6 Å². The summed E-state index contributed by atoms with van der Waals surface area (Å²) in [7, 11) is 0. The highest BCUT2D eigenvalue weighted by Crippen LogP contribution is 2.26. The molecule has 2 aromatic rings. The molecule has 98 valence electrons. The molecule has 0 spiro atoms. The molecule has 0 bridgehead atoms. The average molecular weight is 244 g/mol. The van der Waals surface area contributed by atoms with Crippen LogP contribution in [0.1, 0.15) is 64.0 Å². The van der Waals surface area contributed by atoms with Gasteiger partial charge in [0.15, 0.2) is 0 Å². The maximum atomic E-state index is 4.37. The van der Waals surface area contributed by atoms with Crippen molar-refractivity contribution >= 4 is 10.9 Å². The minimum Gasteiger partial charge on any atom is -0.281 e. The second-order valence-corrected chi connectivity index (χ2v) is 5.26. The fourth-order valence-corrected chi connectivity index (χ4v) is 2.55. The summed E-state index contributed by atoms with van der Waals surface area (Å²) in [5.41, 5.74) is 2.39. The average Bonchev–Trinajstić information content (AvgIpc) is 2.82. The van der Waals surface area contributed by atoms with Gasteiger partial charge in [-0.2, -0.15) is 5.10 Å². The Hall–Kier alpha value is -1.31. The Labute approximate surface area is 110 Å². The summed E-state index contributed by atoms with van der Waals surface area (Å²) in [5, 5.41) is 8.88. The molecule has 18 heavy (non-hydrogen) atoms. The third-order valence-corrected chi connectivity index (χ3v) is 3.72. The number of aromatic nitrogens is 2. The topological polar surface area (TPSA) is 28.7 Å². The number of nitrogens with one attached hydrogen (secondary N) is 1. The van der Waals surface area contributed by atoms with Crippen molar-refractivity contribution in [2.75, 3.05) is 0 Å². The number of hydrogen-bond acceptors (Lipinski definition) is 1. The number of hydrogen-bond donors (Lipinski definition) is 1. The van der Waals surface area contributed by atoms with Gasteiger partial charge in [-0.1, -0.05) is 64.2 Å². The van der Waals surface area contributed by atoms with Crippen molar-refractivity contribution in [3.63, 3.8) is 0 Å². The molecule has 0 saturated carbocycles. The molecular formula is C16H24N2. The SMILES string of the molecule is CCCCCCCC(C)c1[nH]nc2ccccc12. The van der Waals surface area contributed by atoms with Crippen LogP contribution in [0.5, 0.6) is 0 Å². The van der Waals surface area contributed by atoms with Crippen LogP contribution >= 0.6 is 0 Å². The maximum absolute atomic E-state index is 4.37. The standard InChI is InChI=1S/C16H24N2/c1-3-4-5-6-7-10-13(2)16-14-11-8-9-12-15(14)17-18-16/h8-9,11-13H,3-7,10H2,1-2H3,(H,17,18). The zero-order valence-corrected chi connectivity index (χ0v) is 11.6. The van der Waals surface area contributed by atoms with Crippen LogP contribution in [-0.4, -0.2) is 10.2 Å². The van der Waals surface area contributed by atoms with Crippen molar-refractivity contribution in [2.24, 2.45) is 0 Å². The Morgan fingerprint density at radius 2 is 1.89 bits per heavy atom. The normalized spacial score (nSPS) is 13.0. The van der Waals surface area contributed by atoms with Crippen molar-refractivity contribution in [3.05, 3.63) is 30.0 Å². The Morgan fingerprint density at radius 1 is 1.11 bits per heavy atom. The predicted octanol–water partition coefficient (Wildman–Crippen LogP) is 5.03. The zero-order valence-electron chi connectivity index (χ0n) is 11.6. The fraction of sp³-hybridized carbons (Fsp3) is 0.562. The number of para-hydroxylation sites is 1. The van der Waals surface area contributed by atoms with Crippen molar-refractivity contribution in [1.29, 1.82) is 0 Å². The summed E-state index contributed by atoms with van der Waals surface area (Å²) in [6.07, 6.45) is 8.03. The maximum Gasteiger partial charge on any atom is 0.0923 e. The van der Waals surface area contributed by atoms with Crippen LogP contribution in [0.2, 0.25) is 0 Å². The Balaban J connectivity index is 1.90. The molecule has 1 unspecified atom stereocenters. The highest BCUT2D eigenvalue weighted by Gasteiger charge is 2.11. The summed E-state index contributed by atoms with van der Waals surface area (Å²) >= 11 is 0. The molecule has 0 aliphatic heterocycles. The molecule has 1 aromatic carbocycles. The van der Waals surface area contributed by atoms with Crippen LogP contribution in [-0.2, 0) is 0 Å². The van der Waals surface area contributed by atoms with Gasteiger partial charge >= 0.3 is 0 Å². The van der Waals surface area contributed by atoms with Crippen molar-refractivity contribution in [2.45, 2.75) is 58.3 Å². The van der Waals surface area contributed by atoms with Crippen LogP contribution in [0.3, 0.4) is 0 Å². The minimum atomic E-state index is 0.582. The molecule has 1 atom stereocenters. The molecular weight excluding hydrogens is 220 g/mol. The molecule has 1 N–H and O–H groups in total. The van der Waals surface area contributed by atoms with E-state index >= 15 is 0 Å². The van der Waals surface area contributed by atoms with E-state index in [0.29, 0.717) is 5.92 Å². The number of H-pyrrole nitrogens is 1. The molecule has 0 radical (unpaired) electrons. The number of unbranched alkanes of at least 4 members (excludes halogenated alkanes) is 4. The Kier molecular flexibility index (Phi) is 4.80. The third kappa shape index (κ3) is 3.12. The second-order valence-electron chi connectivity index (χ2n) is 5.26. The van der Waals surface area contributed by atoms with Gasteiger partial charge in [0.25, 0.3) is 0 Å². The van der Waals surface area contributed by atoms with Gasteiger partial charge in [-0.3, -0.25) is 5.10 Å². The smallest absolute Gasteiger partial charge is 0.0923 e. The predicted molar refractivity (Wildman–Crippen MR) is 77.9 cm³/mol. The van der Waals surface area contributed by atoms with Gasteiger partial charge in [0.2, 0.25) is 0 Å². The van der Waals surface area contributed by atoms with Gasteiger partial charge in [-0.15, -0.1) is 0 Å². The number of aromatic amines is 1. The van der Waals surface area contributed by atoms with E-state index in [4.69, 9.17) is 0 Å². The van der Waals surface area contributed by atoms with Crippen molar-refractivity contribution < 1.29 is 0 Å². The minimum absolute atomic E-state index is 0.582. The van der Waals surface area contributed by atoms with Gasteiger partial charge < -0.3 is 0 Å². The van der Waals surface area contributed by atoms with Crippen LogP contribution in [0.25, 0.3) is 10.9 Å². The molecule has 2 heteroatoms. The molecule has 0 amide bonds. The molecule has 2 nitrogen and oxygen atoms in total. The lowest BCUT2D eigenvalue weighted by atomic mass is 9.97. The molecule has 0 saturated heterocycles. The largest absolute Gasteiger partial charge is 0.281 e. The summed E-state index contributed by atoms with van der Waals surface area (Å²) in [5.74, 6) is 0.582. The van der Waals surface area contributed by atoms with E-state index < -0.39 is 0 Å². The van der Waals surface area contributed by atoms with E-state index in [2.05, 4.69) is 42.2 Å². The first kappa shape index (κ1) is 13.1. The quantitative estimate of drug-likeness (QED) is 0.680. The molecule has 0 fully saturated rings. The first-order valence-corrected chi connectivity index (χ1v) is 7.26. The van der Waals surface area contributed by atoms with Gasteiger partial charge in [-0.05, 0) is 18.4 Å². The molecule has 0 aliphatic rings. The van der Waals surface area contributed by atoms with Gasteiger partial charge in [-0.25, -0.2) is 0 Å². The highest BCUT2D eigenvalue weighted by molar-refractivity contribution is 5.81. The van der Waals surface area contributed by atoms with Crippen LogP contribution < -0.4 is 0 Å². The zero-order chi connectivity index (χ0) is 12.8. The number of nitrogens with zero attached hydrogens (tertiary/aromatic N) is 1. The monoisotopic (exact) mass is 244 g/mol. The molecule has 1 aromatic heterocycles.